The van der Waals surface area contributed by atoms with Gasteiger partial charge in [-0.1, -0.05) is 108 Å². The summed E-state index contributed by atoms with van der Waals surface area (Å²) in [7, 11) is -1.48. The zero-order valence-electron chi connectivity index (χ0n) is 18.0. The first kappa shape index (κ1) is 22.4. The predicted molar refractivity (Wildman–Crippen MR) is 112 cm³/mol. The third kappa shape index (κ3) is 7.81. The number of hydrogen-bond donors (Lipinski definition) is 0. The molecule has 0 aromatic carbocycles. The molecule has 0 unspecified atom stereocenters. The highest BCUT2D eigenvalue weighted by Crippen LogP contribution is 2.46. The Bertz CT molecular complexity index is 256. The molecule has 0 nitrogen and oxygen atoms in total. The molecule has 0 aromatic heterocycles. The summed E-state index contributed by atoms with van der Waals surface area (Å²) < 4.78 is 0. The van der Waals surface area contributed by atoms with Gasteiger partial charge in [0.25, 0.3) is 0 Å². The lowest BCUT2D eigenvalue weighted by Crippen LogP contribution is -2.36. The molecule has 0 atom stereocenters. The Morgan fingerprint density at radius 2 is 0.591 bits per heavy atom. The van der Waals surface area contributed by atoms with E-state index >= 15 is 0 Å². The van der Waals surface area contributed by atoms with Gasteiger partial charge in [0.05, 0.1) is 0 Å². The van der Waals surface area contributed by atoms with Crippen molar-refractivity contribution in [3.05, 3.63) is 0 Å². The SMILES string of the molecule is CC(C)(C)[SiH](CCCC[SiH](C(C)(C)C)C(C)(C)C)C(C)(C)C. The van der Waals surface area contributed by atoms with Crippen LogP contribution in [0.2, 0.25) is 32.2 Å². The first-order valence-electron chi connectivity index (χ1n) is 9.47. The van der Waals surface area contributed by atoms with Crippen molar-refractivity contribution in [3.8, 4) is 0 Å². The molecule has 0 saturated heterocycles. The maximum absolute atomic E-state index is 2.48. The molecule has 0 spiro atoms. The van der Waals surface area contributed by atoms with Crippen molar-refractivity contribution in [2.45, 2.75) is 128 Å². The molecule has 0 aliphatic carbocycles. The van der Waals surface area contributed by atoms with Gasteiger partial charge >= 0.3 is 0 Å². The van der Waals surface area contributed by atoms with E-state index in [1.165, 1.54) is 24.9 Å². The molecule has 0 rings (SSSR count). The Labute approximate surface area is 146 Å². The average molecular weight is 343 g/mol. The van der Waals surface area contributed by atoms with Crippen molar-refractivity contribution in [3.63, 3.8) is 0 Å². The quantitative estimate of drug-likeness (QED) is 0.360. The van der Waals surface area contributed by atoms with Gasteiger partial charge in [-0.2, -0.15) is 0 Å². The molecule has 0 aliphatic heterocycles. The highest BCUT2D eigenvalue weighted by molar-refractivity contribution is 6.65. The molecule has 0 aromatic rings. The number of rotatable bonds is 5. The summed E-state index contributed by atoms with van der Waals surface area (Å²) in [5, 5.41) is 2.23. The summed E-state index contributed by atoms with van der Waals surface area (Å²) in [4.78, 5) is 0. The zero-order valence-corrected chi connectivity index (χ0v) is 20.3. The maximum atomic E-state index is 2.48. The molecule has 0 saturated carbocycles. The Balaban J connectivity index is 4.63. The summed E-state index contributed by atoms with van der Waals surface area (Å²) in [5.74, 6) is 0. The average Bonchev–Trinajstić information content (AvgIpc) is 2.14. The van der Waals surface area contributed by atoms with E-state index in [0.29, 0.717) is 20.2 Å². The molecule has 2 heteroatoms. The van der Waals surface area contributed by atoms with Gasteiger partial charge in [0.15, 0.2) is 0 Å². The van der Waals surface area contributed by atoms with Crippen LogP contribution in [0.4, 0.5) is 0 Å². The van der Waals surface area contributed by atoms with Gasteiger partial charge in [-0.05, 0) is 20.2 Å². The van der Waals surface area contributed by atoms with Gasteiger partial charge in [-0.15, -0.1) is 0 Å². The molecule has 0 heterocycles. The first-order chi connectivity index (χ1) is 9.47. The third-order valence-corrected chi connectivity index (χ3v) is 15.8. The Kier molecular flexibility index (Phi) is 7.70. The van der Waals surface area contributed by atoms with Crippen molar-refractivity contribution in [1.82, 2.24) is 0 Å². The summed E-state index contributed by atoms with van der Waals surface area (Å²) in [5.41, 5.74) is 0. The second kappa shape index (κ2) is 7.55. The molecule has 0 fully saturated rings. The lowest BCUT2D eigenvalue weighted by molar-refractivity contribution is 0.616. The predicted octanol–water partition coefficient (Wildman–Crippen LogP) is 7.42. The molecule has 0 amide bonds. The highest BCUT2D eigenvalue weighted by Gasteiger charge is 2.37. The summed E-state index contributed by atoms with van der Waals surface area (Å²) in [6.45, 7) is 29.8. The van der Waals surface area contributed by atoms with Crippen molar-refractivity contribution in [2.75, 3.05) is 0 Å². The van der Waals surface area contributed by atoms with Crippen molar-refractivity contribution < 1.29 is 0 Å². The van der Waals surface area contributed by atoms with Gasteiger partial charge in [0.2, 0.25) is 0 Å². The topological polar surface area (TPSA) is 0 Å². The molecule has 134 valence electrons. The van der Waals surface area contributed by atoms with Gasteiger partial charge in [-0.3, -0.25) is 0 Å². The summed E-state index contributed by atoms with van der Waals surface area (Å²) in [6.07, 6.45) is 2.95. The third-order valence-electron chi connectivity index (χ3n) is 5.42. The fraction of sp³-hybridized carbons (Fsp3) is 1.00. The van der Waals surface area contributed by atoms with Crippen LogP contribution in [0.5, 0.6) is 0 Å². The highest BCUT2D eigenvalue weighted by atomic mass is 28.3. The normalized spacial score (nSPS) is 15.0. The van der Waals surface area contributed by atoms with Crippen molar-refractivity contribution in [1.29, 1.82) is 0 Å². The Morgan fingerprint density at radius 1 is 0.409 bits per heavy atom. The van der Waals surface area contributed by atoms with Crippen LogP contribution in [0.15, 0.2) is 0 Å². The van der Waals surface area contributed by atoms with Crippen molar-refractivity contribution >= 4 is 17.6 Å². The fourth-order valence-electron chi connectivity index (χ4n) is 5.03. The van der Waals surface area contributed by atoms with Crippen molar-refractivity contribution in [2.24, 2.45) is 0 Å². The molecule has 0 N–H and O–H groups in total. The van der Waals surface area contributed by atoms with Gasteiger partial charge in [0, 0.05) is 17.6 Å². The second-order valence-electron chi connectivity index (χ2n) is 11.9. The van der Waals surface area contributed by atoms with Gasteiger partial charge < -0.3 is 0 Å². The van der Waals surface area contributed by atoms with Crippen LogP contribution < -0.4 is 0 Å². The lowest BCUT2D eigenvalue weighted by atomic mass is 10.2. The Morgan fingerprint density at radius 3 is 0.727 bits per heavy atom. The molecule has 0 aliphatic rings. The smallest absolute Gasteiger partial charge is 0.0477 e. The van der Waals surface area contributed by atoms with Crippen LogP contribution >= 0.6 is 0 Å². The first-order valence-corrected chi connectivity index (χ1v) is 13.4. The van der Waals surface area contributed by atoms with E-state index in [0.717, 1.165) is 0 Å². The van der Waals surface area contributed by atoms with E-state index in [1.54, 1.807) is 0 Å². The van der Waals surface area contributed by atoms with Gasteiger partial charge in [-0.25, -0.2) is 0 Å². The van der Waals surface area contributed by atoms with Crippen LogP contribution in [0, 0.1) is 0 Å². The zero-order chi connectivity index (χ0) is 18.0. The van der Waals surface area contributed by atoms with E-state index in [1.807, 2.05) is 0 Å². The van der Waals surface area contributed by atoms with Gasteiger partial charge in [0.1, 0.15) is 0 Å². The van der Waals surface area contributed by atoms with Crippen LogP contribution in [0.1, 0.15) is 95.9 Å². The van der Waals surface area contributed by atoms with Crippen LogP contribution in [0.3, 0.4) is 0 Å². The summed E-state index contributed by atoms with van der Waals surface area (Å²) >= 11 is 0. The standard InChI is InChI=1S/C20H46Si2/c1-17(2,3)21(18(4,5)6)15-13-14-16-22(19(7,8)9)20(10,11)12/h21-22H,13-16H2,1-12H3. The minimum atomic E-state index is -0.742. The van der Waals surface area contributed by atoms with E-state index in [-0.39, 0.29) is 0 Å². The second-order valence-corrected chi connectivity index (χ2v) is 22.1. The minimum absolute atomic E-state index is 0.559. The maximum Gasteiger partial charge on any atom is 0.0477 e. The lowest BCUT2D eigenvalue weighted by Gasteiger charge is -2.41. The molecular formula is C20H46Si2. The van der Waals surface area contributed by atoms with E-state index < -0.39 is 17.6 Å². The minimum Gasteiger partial charge on any atom is -0.0628 e. The molecule has 22 heavy (non-hydrogen) atoms. The van der Waals surface area contributed by atoms with E-state index in [9.17, 15) is 0 Å². The fourth-order valence-corrected chi connectivity index (χ4v) is 15.1. The largest absolute Gasteiger partial charge is 0.0628 e. The number of hydrogen-bond acceptors (Lipinski definition) is 0. The van der Waals surface area contributed by atoms with Crippen LogP contribution in [-0.2, 0) is 0 Å². The Hall–Kier alpha value is 0.434. The number of unbranched alkanes of at least 4 members (excludes halogenated alkanes) is 1. The molecule has 0 bridgehead atoms. The molecule has 0 radical (unpaired) electrons. The summed E-state index contributed by atoms with van der Waals surface area (Å²) in [6, 6.07) is 3.06. The monoisotopic (exact) mass is 342 g/mol. The van der Waals surface area contributed by atoms with Crippen LogP contribution in [0.25, 0.3) is 0 Å². The van der Waals surface area contributed by atoms with E-state index in [4.69, 9.17) is 0 Å². The van der Waals surface area contributed by atoms with E-state index in [2.05, 4.69) is 83.1 Å². The molecular weight excluding hydrogens is 296 g/mol. The van der Waals surface area contributed by atoms with Crippen LogP contribution in [-0.4, -0.2) is 17.6 Å².